The molecule has 3 aromatic carbocycles. The number of rotatable bonds is 4. The molecule has 1 heterocycles. The van der Waals surface area contributed by atoms with Crippen LogP contribution < -0.4 is 4.90 Å². The first-order chi connectivity index (χ1) is 14.7. The standard InChI is InChI=1S/C24H19F3N2OS/c1-15-11-12-16(2)21-20(15)28-23(31-21)29(14-17-7-4-3-5-8-17)22(30)18-9-6-10-19(13-18)24(25,26)27/h3-13H,14H2,1-2H3. The number of fused-ring (bicyclic) bond motifs is 1. The molecule has 0 aliphatic rings. The van der Waals surface area contributed by atoms with Gasteiger partial charge in [-0.2, -0.15) is 13.2 Å². The molecular weight excluding hydrogens is 421 g/mol. The van der Waals surface area contributed by atoms with Crippen molar-refractivity contribution in [1.82, 2.24) is 4.98 Å². The summed E-state index contributed by atoms with van der Waals surface area (Å²) in [6.45, 7) is 4.12. The van der Waals surface area contributed by atoms with Gasteiger partial charge in [-0.3, -0.25) is 9.69 Å². The van der Waals surface area contributed by atoms with Crippen molar-refractivity contribution in [3.63, 3.8) is 0 Å². The Bertz CT molecular complexity index is 1210. The molecule has 0 unspecified atom stereocenters. The smallest absolute Gasteiger partial charge is 0.279 e. The number of alkyl halides is 3. The second-order valence-electron chi connectivity index (χ2n) is 7.33. The monoisotopic (exact) mass is 440 g/mol. The molecule has 0 radical (unpaired) electrons. The number of aryl methyl sites for hydroxylation is 2. The zero-order valence-corrected chi connectivity index (χ0v) is 17.7. The van der Waals surface area contributed by atoms with Gasteiger partial charge in [0.15, 0.2) is 5.13 Å². The van der Waals surface area contributed by atoms with E-state index in [1.165, 1.54) is 28.4 Å². The highest BCUT2D eigenvalue weighted by Crippen LogP contribution is 2.35. The van der Waals surface area contributed by atoms with E-state index in [1.54, 1.807) is 0 Å². The molecule has 0 N–H and O–H groups in total. The van der Waals surface area contributed by atoms with Crippen molar-refractivity contribution < 1.29 is 18.0 Å². The van der Waals surface area contributed by atoms with Crippen LogP contribution in [-0.4, -0.2) is 10.9 Å². The number of nitrogens with zero attached hydrogens (tertiary/aromatic N) is 2. The molecule has 0 aliphatic carbocycles. The van der Waals surface area contributed by atoms with E-state index in [1.807, 2.05) is 56.3 Å². The molecule has 7 heteroatoms. The predicted octanol–water partition coefficient (Wildman–Crippen LogP) is 6.78. The fourth-order valence-electron chi connectivity index (χ4n) is 3.34. The molecule has 0 fully saturated rings. The fraction of sp³-hybridized carbons (Fsp3) is 0.167. The topological polar surface area (TPSA) is 33.2 Å². The Morgan fingerprint density at radius 2 is 1.68 bits per heavy atom. The first kappa shape index (κ1) is 21.1. The van der Waals surface area contributed by atoms with E-state index in [9.17, 15) is 18.0 Å². The molecular formula is C24H19F3N2OS. The predicted molar refractivity (Wildman–Crippen MR) is 117 cm³/mol. The van der Waals surface area contributed by atoms with E-state index < -0.39 is 17.6 Å². The zero-order chi connectivity index (χ0) is 22.2. The zero-order valence-electron chi connectivity index (χ0n) is 16.9. The first-order valence-electron chi connectivity index (χ1n) is 9.64. The van der Waals surface area contributed by atoms with Crippen LogP contribution in [0, 0.1) is 13.8 Å². The lowest BCUT2D eigenvalue weighted by Gasteiger charge is -2.20. The number of anilines is 1. The maximum Gasteiger partial charge on any atom is 0.416 e. The van der Waals surface area contributed by atoms with Gasteiger partial charge in [0.1, 0.15) is 0 Å². The first-order valence-corrected chi connectivity index (χ1v) is 10.5. The Kier molecular flexibility index (Phi) is 5.54. The van der Waals surface area contributed by atoms with Gasteiger partial charge in [0.25, 0.3) is 5.91 Å². The van der Waals surface area contributed by atoms with Crippen LogP contribution in [0.5, 0.6) is 0 Å². The summed E-state index contributed by atoms with van der Waals surface area (Å²) in [5.41, 5.74) is 2.79. The van der Waals surface area contributed by atoms with Gasteiger partial charge in [-0.25, -0.2) is 4.98 Å². The van der Waals surface area contributed by atoms with Crippen molar-refractivity contribution >= 4 is 32.6 Å². The number of hydrogen-bond acceptors (Lipinski definition) is 3. The normalized spacial score (nSPS) is 11.6. The van der Waals surface area contributed by atoms with Gasteiger partial charge in [0.05, 0.1) is 22.3 Å². The minimum atomic E-state index is -4.52. The second-order valence-corrected chi connectivity index (χ2v) is 8.31. The third kappa shape index (κ3) is 4.32. The van der Waals surface area contributed by atoms with Crippen LogP contribution in [0.25, 0.3) is 10.2 Å². The molecule has 1 amide bonds. The quantitative estimate of drug-likeness (QED) is 0.350. The molecule has 0 aliphatic heterocycles. The lowest BCUT2D eigenvalue weighted by atomic mass is 10.1. The Hall–Kier alpha value is -3.19. The SMILES string of the molecule is Cc1ccc(C)c2sc(N(Cc3ccccc3)C(=O)c3cccc(C(F)(F)F)c3)nc12. The summed E-state index contributed by atoms with van der Waals surface area (Å²) in [5, 5.41) is 0.457. The minimum Gasteiger partial charge on any atom is -0.279 e. The third-order valence-corrected chi connectivity index (χ3v) is 6.24. The van der Waals surface area contributed by atoms with Gasteiger partial charge in [-0.15, -0.1) is 0 Å². The van der Waals surface area contributed by atoms with Gasteiger partial charge < -0.3 is 0 Å². The number of aromatic nitrogens is 1. The van der Waals surface area contributed by atoms with Crippen molar-refractivity contribution in [3.05, 3.63) is 94.5 Å². The van der Waals surface area contributed by atoms with E-state index >= 15 is 0 Å². The van der Waals surface area contributed by atoms with Crippen LogP contribution >= 0.6 is 11.3 Å². The minimum absolute atomic E-state index is 0.0292. The van der Waals surface area contributed by atoms with E-state index in [4.69, 9.17) is 0 Å². The van der Waals surface area contributed by atoms with E-state index in [2.05, 4.69) is 4.98 Å². The number of amides is 1. The number of halogens is 3. The summed E-state index contributed by atoms with van der Waals surface area (Å²) < 4.78 is 40.5. The van der Waals surface area contributed by atoms with Gasteiger partial charge in [-0.05, 0) is 48.7 Å². The molecule has 0 bridgehead atoms. The summed E-state index contributed by atoms with van der Waals surface area (Å²) >= 11 is 1.37. The Labute approximate surface area is 181 Å². The van der Waals surface area contributed by atoms with Gasteiger partial charge >= 0.3 is 6.18 Å². The van der Waals surface area contributed by atoms with Gasteiger partial charge in [0.2, 0.25) is 0 Å². The highest BCUT2D eigenvalue weighted by atomic mass is 32.1. The highest BCUT2D eigenvalue weighted by Gasteiger charge is 2.32. The summed E-state index contributed by atoms with van der Waals surface area (Å²) in [5.74, 6) is -0.524. The Balaban J connectivity index is 1.81. The maximum atomic E-state index is 13.4. The number of carbonyl (C=O) groups excluding carboxylic acids is 1. The van der Waals surface area contributed by atoms with Crippen molar-refractivity contribution in [2.45, 2.75) is 26.6 Å². The molecule has 1 aromatic heterocycles. The van der Waals surface area contributed by atoms with E-state index in [0.29, 0.717) is 5.13 Å². The largest absolute Gasteiger partial charge is 0.416 e. The number of thiazole rings is 1. The molecule has 158 valence electrons. The fourth-order valence-corrected chi connectivity index (χ4v) is 4.45. The molecule has 0 atom stereocenters. The van der Waals surface area contributed by atoms with Crippen molar-refractivity contribution in [2.75, 3.05) is 4.90 Å². The molecule has 4 rings (SSSR count). The lowest BCUT2D eigenvalue weighted by Crippen LogP contribution is -2.30. The van der Waals surface area contributed by atoms with Gasteiger partial charge in [-0.1, -0.05) is 59.9 Å². The van der Waals surface area contributed by atoms with Crippen LogP contribution in [0.1, 0.15) is 32.6 Å². The van der Waals surface area contributed by atoms with Crippen LogP contribution in [0.3, 0.4) is 0 Å². The van der Waals surface area contributed by atoms with Crippen LogP contribution in [-0.2, 0) is 12.7 Å². The summed E-state index contributed by atoms with van der Waals surface area (Å²) in [6.07, 6.45) is -4.52. The number of carbonyl (C=O) groups is 1. The lowest BCUT2D eigenvalue weighted by molar-refractivity contribution is -0.137. The second kappa shape index (κ2) is 8.15. The number of benzene rings is 3. The third-order valence-electron chi connectivity index (χ3n) is 5.03. The molecule has 4 aromatic rings. The van der Waals surface area contributed by atoms with Crippen LogP contribution in [0.2, 0.25) is 0 Å². The van der Waals surface area contributed by atoms with Crippen molar-refractivity contribution in [2.24, 2.45) is 0 Å². The molecule has 0 saturated carbocycles. The average Bonchev–Trinajstić information content (AvgIpc) is 3.21. The number of hydrogen-bond donors (Lipinski definition) is 0. The van der Waals surface area contributed by atoms with E-state index in [-0.39, 0.29) is 12.1 Å². The summed E-state index contributed by atoms with van der Waals surface area (Å²) in [7, 11) is 0. The average molecular weight is 440 g/mol. The maximum absolute atomic E-state index is 13.4. The van der Waals surface area contributed by atoms with Crippen LogP contribution in [0.4, 0.5) is 18.3 Å². The molecule has 3 nitrogen and oxygen atoms in total. The molecule has 0 spiro atoms. The van der Waals surface area contributed by atoms with Crippen LogP contribution in [0.15, 0.2) is 66.7 Å². The highest BCUT2D eigenvalue weighted by molar-refractivity contribution is 7.22. The van der Waals surface area contributed by atoms with E-state index in [0.717, 1.165) is 39.0 Å². The molecule has 0 saturated heterocycles. The summed E-state index contributed by atoms with van der Waals surface area (Å²) in [4.78, 5) is 19.5. The van der Waals surface area contributed by atoms with Crippen molar-refractivity contribution in [1.29, 1.82) is 0 Å². The Morgan fingerprint density at radius 3 is 2.35 bits per heavy atom. The summed E-state index contributed by atoms with van der Waals surface area (Å²) in [6, 6.07) is 17.8. The molecule has 31 heavy (non-hydrogen) atoms. The van der Waals surface area contributed by atoms with Gasteiger partial charge in [0, 0.05) is 5.56 Å². The Morgan fingerprint density at radius 1 is 0.968 bits per heavy atom. The van der Waals surface area contributed by atoms with Crippen molar-refractivity contribution in [3.8, 4) is 0 Å².